The van der Waals surface area contributed by atoms with Crippen molar-refractivity contribution in [3.63, 3.8) is 0 Å². The molecule has 0 bridgehead atoms. The highest BCUT2D eigenvalue weighted by Crippen LogP contribution is 2.36. The van der Waals surface area contributed by atoms with Crippen LogP contribution in [0, 0.1) is 0 Å². The molecule has 1 aromatic rings. The quantitative estimate of drug-likeness (QED) is 0.833. The van der Waals surface area contributed by atoms with Gasteiger partial charge in [-0.3, -0.25) is 4.90 Å². The Kier molecular flexibility index (Phi) is 4.78. The second-order valence-corrected chi connectivity index (χ2v) is 6.79. The molecule has 116 valence electrons. The molecule has 1 aromatic carbocycles. The Balaban J connectivity index is 2.03. The summed E-state index contributed by atoms with van der Waals surface area (Å²) in [6.45, 7) is 9.93. The molecule has 21 heavy (non-hydrogen) atoms. The van der Waals surface area contributed by atoms with E-state index in [1.807, 2.05) is 7.05 Å². The molecule has 2 rings (SSSR count). The highest BCUT2D eigenvalue weighted by molar-refractivity contribution is 6.62. The Morgan fingerprint density at radius 3 is 2.05 bits per heavy atom. The molecular weight excluding hydrogens is 265 g/mol. The van der Waals surface area contributed by atoms with Crippen LogP contribution in [0.4, 0.5) is 0 Å². The fraction of sp³-hybridized carbons (Fsp3) is 0.625. The molecule has 0 saturated carbocycles. The van der Waals surface area contributed by atoms with Crippen molar-refractivity contribution in [2.45, 2.75) is 45.4 Å². The zero-order valence-corrected chi connectivity index (χ0v) is 13.7. The molecule has 0 aromatic heterocycles. The van der Waals surface area contributed by atoms with E-state index in [-0.39, 0.29) is 24.9 Å². The lowest BCUT2D eigenvalue weighted by Crippen LogP contribution is -2.41. The first-order valence-corrected chi connectivity index (χ1v) is 7.49. The van der Waals surface area contributed by atoms with Gasteiger partial charge in [0.2, 0.25) is 0 Å². The summed E-state index contributed by atoms with van der Waals surface area (Å²) >= 11 is 0. The predicted octanol–water partition coefficient (Wildman–Crippen LogP) is 1.41. The van der Waals surface area contributed by atoms with Gasteiger partial charge >= 0.3 is 7.12 Å². The molecule has 1 aliphatic heterocycles. The smallest absolute Gasteiger partial charge is 0.399 e. The van der Waals surface area contributed by atoms with Gasteiger partial charge in [-0.1, -0.05) is 24.3 Å². The molecule has 1 saturated heterocycles. The predicted molar refractivity (Wildman–Crippen MR) is 85.6 cm³/mol. The molecule has 1 fully saturated rings. The summed E-state index contributed by atoms with van der Waals surface area (Å²) in [7, 11) is 1.69. The lowest BCUT2D eigenvalue weighted by molar-refractivity contribution is 0.00578. The molecule has 4 nitrogen and oxygen atoms in total. The van der Waals surface area contributed by atoms with E-state index in [4.69, 9.17) is 14.4 Å². The molecule has 1 aliphatic rings. The maximum absolute atomic E-state index is 8.93. The molecule has 0 atom stereocenters. The molecule has 0 amide bonds. The van der Waals surface area contributed by atoms with Crippen LogP contribution < -0.4 is 5.46 Å². The molecule has 1 N–H and O–H groups in total. The number of aliphatic hydroxyl groups excluding tert-OH is 1. The van der Waals surface area contributed by atoms with Gasteiger partial charge in [0.15, 0.2) is 0 Å². The highest BCUT2D eigenvalue weighted by atomic mass is 16.7. The summed E-state index contributed by atoms with van der Waals surface area (Å²) < 4.78 is 12.1. The first-order valence-electron chi connectivity index (χ1n) is 7.49. The number of aliphatic hydroxyl groups is 1. The third-order valence-electron chi connectivity index (χ3n) is 4.44. The lowest BCUT2D eigenvalue weighted by Gasteiger charge is -2.32. The maximum Gasteiger partial charge on any atom is 0.494 e. The van der Waals surface area contributed by atoms with Gasteiger partial charge < -0.3 is 14.4 Å². The molecule has 0 unspecified atom stereocenters. The van der Waals surface area contributed by atoms with Crippen LogP contribution in [0.2, 0.25) is 0 Å². The van der Waals surface area contributed by atoms with Gasteiger partial charge in [0, 0.05) is 13.1 Å². The van der Waals surface area contributed by atoms with Crippen LogP contribution in [0.15, 0.2) is 24.3 Å². The number of hydrogen-bond acceptors (Lipinski definition) is 4. The summed E-state index contributed by atoms with van der Waals surface area (Å²) in [5.74, 6) is 0. The minimum Gasteiger partial charge on any atom is -0.399 e. The highest BCUT2D eigenvalue weighted by Gasteiger charge is 2.51. The van der Waals surface area contributed by atoms with Crippen molar-refractivity contribution in [1.82, 2.24) is 4.90 Å². The number of nitrogens with zero attached hydrogens (tertiary/aromatic N) is 1. The molecule has 0 spiro atoms. The van der Waals surface area contributed by atoms with Crippen molar-refractivity contribution >= 4 is 12.6 Å². The minimum atomic E-state index is -0.308. The Hall–Kier alpha value is -0.875. The van der Waals surface area contributed by atoms with Crippen LogP contribution in [-0.2, 0) is 15.9 Å². The van der Waals surface area contributed by atoms with Gasteiger partial charge in [-0.2, -0.15) is 0 Å². The van der Waals surface area contributed by atoms with Crippen molar-refractivity contribution in [1.29, 1.82) is 0 Å². The van der Waals surface area contributed by atoms with Gasteiger partial charge in [0.1, 0.15) is 0 Å². The standard InChI is InChI=1S/C16H26BNO3/c1-15(2)16(3,4)21-17(20-15)14-8-6-13(7-9-14)12-18(5)10-11-19/h6-9,19H,10-12H2,1-5H3. The average molecular weight is 291 g/mol. The average Bonchev–Trinajstić information content (AvgIpc) is 2.59. The number of rotatable bonds is 5. The van der Waals surface area contributed by atoms with E-state index in [0.29, 0.717) is 6.54 Å². The summed E-state index contributed by atoms with van der Waals surface area (Å²) in [5, 5.41) is 8.93. The van der Waals surface area contributed by atoms with Crippen LogP contribution in [0.1, 0.15) is 33.3 Å². The topological polar surface area (TPSA) is 41.9 Å². The third-order valence-corrected chi connectivity index (χ3v) is 4.44. The Bertz CT molecular complexity index is 457. The minimum absolute atomic E-state index is 0.183. The van der Waals surface area contributed by atoms with Gasteiger partial charge in [-0.25, -0.2) is 0 Å². The Morgan fingerprint density at radius 2 is 1.57 bits per heavy atom. The van der Waals surface area contributed by atoms with E-state index in [1.165, 1.54) is 5.56 Å². The zero-order valence-electron chi connectivity index (χ0n) is 13.7. The molecule has 1 heterocycles. The zero-order chi connectivity index (χ0) is 15.7. The van der Waals surface area contributed by atoms with E-state index in [9.17, 15) is 0 Å². The molecule has 0 aliphatic carbocycles. The van der Waals surface area contributed by atoms with Gasteiger partial charge in [0.25, 0.3) is 0 Å². The van der Waals surface area contributed by atoms with Crippen LogP contribution in [0.25, 0.3) is 0 Å². The van der Waals surface area contributed by atoms with Crippen molar-refractivity contribution in [3.05, 3.63) is 29.8 Å². The third kappa shape index (κ3) is 3.66. The second-order valence-electron chi connectivity index (χ2n) is 6.79. The van der Waals surface area contributed by atoms with Gasteiger partial charge in [-0.05, 0) is 45.8 Å². The van der Waals surface area contributed by atoms with E-state index >= 15 is 0 Å². The first-order chi connectivity index (χ1) is 9.75. The van der Waals surface area contributed by atoms with Crippen molar-refractivity contribution in [2.75, 3.05) is 20.2 Å². The summed E-state index contributed by atoms with van der Waals surface area (Å²) in [4.78, 5) is 2.09. The number of benzene rings is 1. The maximum atomic E-state index is 8.93. The monoisotopic (exact) mass is 291 g/mol. The summed E-state index contributed by atoms with van der Waals surface area (Å²) in [6, 6.07) is 8.30. The van der Waals surface area contributed by atoms with Crippen LogP contribution in [-0.4, -0.2) is 48.5 Å². The van der Waals surface area contributed by atoms with E-state index < -0.39 is 0 Å². The van der Waals surface area contributed by atoms with Gasteiger partial charge in [-0.15, -0.1) is 0 Å². The van der Waals surface area contributed by atoms with E-state index in [0.717, 1.165) is 12.0 Å². The Labute approximate surface area is 128 Å². The van der Waals surface area contributed by atoms with Crippen LogP contribution in [0.3, 0.4) is 0 Å². The number of hydrogen-bond donors (Lipinski definition) is 1. The fourth-order valence-electron chi connectivity index (χ4n) is 2.32. The largest absolute Gasteiger partial charge is 0.494 e. The van der Waals surface area contributed by atoms with Crippen LogP contribution in [0.5, 0.6) is 0 Å². The number of likely N-dealkylation sites (N-methyl/N-ethyl adjacent to an activating group) is 1. The Morgan fingerprint density at radius 1 is 1.05 bits per heavy atom. The van der Waals surface area contributed by atoms with Crippen LogP contribution >= 0.6 is 0 Å². The van der Waals surface area contributed by atoms with Crippen molar-refractivity contribution < 1.29 is 14.4 Å². The summed E-state index contributed by atoms with van der Waals surface area (Å²) in [6.07, 6.45) is 0. The lowest BCUT2D eigenvalue weighted by atomic mass is 9.79. The first kappa shape index (κ1) is 16.5. The SMILES string of the molecule is CN(CCO)Cc1ccc(B2OC(C)(C)C(C)(C)O2)cc1. The van der Waals surface area contributed by atoms with E-state index in [1.54, 1.807) is 0 Å². The molecule has 0 radical (unpaired) electrons. The van der Waals surface area contributed by atoms with Crippen molar-refractivity contribution in [3.8, 4) is 0 Å². The molecular formula is C16H26BNO3. The van der Waals surface area contributed by atoms with Crippen molar-refractivity contribution in [2.24, 2.45) is 0 Å². The van der Waals surface area contributed by atoms with E-state index in [2.05, 4.69) is 56.9 Å². The fourth-order valence-corrected chi connectivity index (χ4v) is 2.32. The van der Waals surface area contributed by atoms with Gasteiger partial charge in [0.05, 0.1) is 17.8 Å². The second kappa shape index (κ2) is 6.09. The molecule has 5 heteroatoms. The summed E-state index contributed by atoms with van der Waals surface area (Å²) in [5.41, 5.74) is 1.64. The normalized spacial score (nSPS) is 20.2.